The summed E-state index contributed by atoms with van der Waals surface area (Å²) in [7, 11) is 1.43. The molecule has 0 aliphatic carbocycles. The van der Waals surface area contributed by atoms with Gasteiger partial charge in [0.05, 0.1) is 35.5 Å². The van der Waals surface area contributed by atoms with Crippen LogP contribution in [-0.2, 0) is 4.79 Å². The number of aromatic carboxylic acids is 1. The van der Waals surface area contributed by atoms with Crippen LogP contribution in [-0.4, -0.2) is 101 Å². The van der Waals surface area contributed by atoms with Crippen molar-refractivity contribution < 1.29 is 24.2 Å². The van der Waals surface area contributed by atoms with Gasteiger partial charge in [-0.15, -0.1) is 0 Å². The lowest BCUT2D eigenvalue weighted by atomic mass is 10.1. The number of para-hydroxylation sites is 1. The number of nitrogens with zero attached hydrogens (tertiary/aromatic N) is 8. The summed E-state index contributed by atoms with van der Waals surface area (Å²) >= 11 is 0. The lowest BCUT2D eigenvalue weighted by molar-refractivity contribution is -0.126. The standard InChI is InChI=1S/C25H22N10O5/c1-40-18-13-27-20(16-11-17(24(38)39)29-28-16)21-19(18)15(12-26-21)22(36)23(37)33-7-9-34(10-8-33)25-30-31-32-35(25)14-5-3-2-4-6-14/h2-6,11-13,26H,7-10H2,1H3,(H,28,29)(H,38,39). The molecule has 0 atom stereocenters. The number of amides is 1. The summed E-state index contributed by atoms with van der Waals surface area (Å²) in [4.78, 5) is 48.8. The van der Waals surface area contributed by atoms with Crippen molar-refractivity contribution in [2.24, 2.45) is 0 Å². The van der Waals surface area contributed by atoms with Gasteiger partial charge in [0.1, 0.15) is 22.8 Å². The second-order valence-corrected chi connectivity index (χ2v) is 8.93. The van der Waals surface area contributed by atoms with Crippen molar-refractivity contribution >= 4 is 34.5 Å². The van der Waals surface area contributed by atoms with E-state index in [0.717, 1.165) is 5.69 Å². The van der Waals surface area contributed by atoms with Crippen LogP contribution in [0.25, 0.3) is 28.0 Å². The van der Waals surface area contributed by atoms with Crippen LogP contribution in [0.5, 0.6) is 5.75 Å². The normalized spacial score (nSPS) is 13.5. The molecule has 0 unspecified atom stereocenters. The molecule has 4 aromatic heterocycles. The van der Waals surface area contributed by atoms with Crippen LogP contribution in [0.2, 0.25) is 0 Å². The molecular weight excluding hydrogens is 520 g/mol. The molecule has 1 aliphatic heterocycles. The minimum Gasteiger partial charge on any atom is -0.494 e. The zero-order valence-electron chi connectivity index (χ0n) is 21.1. The first kappa shape index (κ1) is 24.7. The van der Waals surface area contributed by atoms with Crippen LogP contribution < -0.4 is 9.64 Å². The highest BCUT2D eigenvalue weighted by Gasteiger charge is 2.31. The quantitative estimate of drug-likeness (QED) is 0.198. The van der Waals surface area contributed by atoms with E-state index >= 15 is 0 Å². The summed E-state index contributed by atoms with van der Waals surface area (Å²) in [5.41, 5.74) is 1.76. The smallest absolute Gasteiger partial charge is 0.353 e. The fraction of sp³-hybridized carbons (Fsp3) is 0.200. The fourth-order valence-corrected chi connectivity index (χ4v) is 4.68. The van der Waals surface area contributed by atoms with E-state index in [1.165, 1.54) is 30.5 Å². The summed E-state index contributed by atoms with van der Waals surface area (Å²) in [5, 5.41) is 28.1. The maximum atomic E-state index is 13.4. The van der Waals surface area contributed by atoms with E-state index in [2.05, 4.69) is 35.7 Å². The summed E-state index contributed by atoms with van der Waals surface area (Å²) in [6.07, 6.45) is 2.82. The molecule has 15 heteroatoms. The number of aromatic amines is 2. The van der Waals surface area contributed by atoms with Gasteiger partial charge in [0.25, 0.3) is 11.7 Å². The molecule has 1 saturated heterocycles. The average molecular weight is 543 g/mol. The molecule has 3 N–H and O–H groups in total. The molecule has 0 spiro atoms. The van der Waals surface area contributed by atoms with Crippen molar-refractivity contribution in [3.05, 3.63) is 60.0 Å². The topological polar surface area (TPSA) is 188 Å². The Labute approximate surface area is 225 Å². The lowest BCUT2D eigenvalue weighted by Crippen LogP contribution is -2.51. The molecule has 0 saturated carbocycles. The van der Waals surface area contributed by atoms with Crippen molar-refractivity contribution in [3.8, 4) is 22.8 Å². The molecule has 202 valence electrons. The molecular formula is C25H22N10O5. The number of pyridine rings is 1. The zero-order valence-corrected chi connectivity index (χ0v) is 21.1. The fourth-order valence-electron chi connectivity index (χ4n) is 4.68. The Kier molecular flexibility index (Phi) is 6.14. The van der Waals surface area contributed by atoms with Gasteiger partial charge in [-0.25, -0.2) is 9.78 Å². The van der Waals surface area contributed by atoms with Crippen LogP contribution in [0.4, 0.5) is 5.95 Å². The maximum absolute atomic E-state index is 13.4. The molecule has 1 aliphatic rings. The minimum absolute atomic E-state index is 0.115. The van der Waals surface area contributed by atoms with Crippen molar-refractivity contribution in [1.82, 2.24) is 45.3 Å². The van der Waals surface area contributed by atoms with Gasteiger partial charge in [-0.05, 0) is 22.6 Å². The van der Waals surface area contributed by atoms with Crippen molar-refractivity contribution in [2.75, 3.05) is 38.2 Å². The number of hydrogen-bond acceptors (Lipinski definition) is 10. The van der Waals surface area contributed by atoms with Gasteiger partial charge in [-0.3, -0.25) is 14.7 Å². The minimum atomic E-state index is -1.17. The lowest BCUT2D eigenvalue weighted by Gasteiger charge is -2.34. The van der Waals surface area contributed by atoms with Gasteiger partial charge >= 0.3 is 5.97 Å². The van der Waals surface area contributed by atoms with Gasteiger partial charge in [0.15, 0.2) is 0 Å². The van der Waals surface area contributed by atoms with E-state index in [1.54, 1.807) is 4.68 Å². The third-order valence-corrected chi connectivity index (χ3v) is 6.69. The van der Waals surface area contributed by atoms with E-state index in [9.17, 15) is 19.5 Å². The predicted molar refractivity (Wildman–Crippen MR) is 139 cm³/mol. The highest BCUT2D eigenvalue weighted by Crippen LogP contribution is 2.34. The van der Waals surface area contributed by atoms with Crippen LogP contribution in [0.15, 0.2) is 48.8 Å². The molecule has 5 aromatic rings. The largest absolute Gasteiger partial charge is 0.494 e. The molecule has 1 aromatic carbocycles. The molecule has 1 fully saturated rings. The number of nitrogens with one attached hydrogen (secondary N) is 2. The predicted octanol–water partition coefficient (Wildman–Crippen LogP) is 1.17. The van der Waals surface area contributed by atoms with Gasteiger partial charge in [0, 0.05) is 38.4 Å². The number of carbonyl (C=O) groups excluding carboxylic acids is 2. The number of ether oxygens (including phenoxy) is 1. The van der Waals surface area contributed by atoms with Crippen LogP contribution in [0, 0.1) is 0 Å². The highest BCUT2D eigenvalue weighted by molar-refractivity contribution is 6.45. The van der Waals surface area contributed by atoms with Gasteiger partial charge in [-0.2, -0.15) is 9.78 Å². The monoisotopic (exact) mass is 542 g/mol. The van der Waals surface area contributed by atoms with Gasteiger partial charge in [-0.1, -0.05) is 23.3 Å². The number of aromatic nitrogens is 8. The van der Waals surface area contributed by atoms with Crippen molar-refractivity contribution in [1.29, 1.82) is 0 Å². The first-order valence-corrected chi connectivity index (χ1v) is 12.2. The number of H-pyrrole nitrogens is 2. The number of carboxylic acids is 1. The summed E-state index contributed by atoms with van der Waals surface area (Å²) in [5.74, 6) is -1.71. The van der Waals surface area contributed by atoms with E-state index in [-0.39, 0.29) is 22.7 Å². The molecule has 1 amide bonds. The van der Waals surface area contributed by atoms with E-state index in [4.69, 9.17) is 4.74 Å². The first-order valence-electron chi connectivity index (χ1n) is 12.2. The number of Topliss-reactive ketones (excluding diaryl/α,β-unsaturated/α-hetero) is 1. The Bertz CT molecular complexity index is 1730. The van der Waals surface area contributed by atoms with Crippen LogP contribution >= 0.6 is 0 Å². The van der Waals surface area contributed by atoms with Crippen molar-refractivity contribution in [2.45, 2.75) is 0 Å². The van der Waals surface area contributed by atoms with E-state index in [0.29, 0.717) is 48.7 Å². The Morgan fingerprint density at radius 1 is 1.07 bits per heavy atom. The molecule has 40 heavy (non-hydrogen) atoms. The Morgan fingerprint density at radius 2 is 1.85 bits per heavy atom. The number of carboxylic acid groups (broad SMARTS) is 1. The number of ketones is 1. The van der Waals surface area contributed by atoms with E-state index in [1.807, 2.05) is 35.2 Å². The molecule has 0 radical (unpaired) electrons. The highest BCUT2D eigenvalue weighted by atomic mass is 16.5. The van der Waals surface area contributed by atoms with Gasteiger partial charge in [0.2, 0.25) is 5.95 Å². The number of rotatable bonds is 7. The molecule has 5 heterocycles. The third kappa shape index (κ3) is 4.18. The molecule has 6 rings (SSSR count). The third-order valence-electron chi connectivity index (χ3n) is 6.69. The number of piperazine rings is 1. The Morgan fingerprint density at radius 3 is 2.55 bits per heavy atom. The van der Waals surface area contributed by atoms with Crippen molar-refractivity contribution in [3.63, 3.8) is 0 Å². The number of methoxy groups -OCH3 is 1. The van der Waals surface area contributed by atoms with Crippen LogP contribution in [0.3, 0.4) is 0 Å². The number of benzene rings is 1. The number of carbonyl (C=O) groups is 3. The van der Waals surface area contributed by atoms with Crippen LogP contribution in [0.1, 0.15) is 20.8 Å². The van der Waals surface area contributed by atoms with E-state index < -0.39 is 17.7 Å². The average Bonchev–Trinajstić information content (AvgIpc) is 3.76. The summed E-state index contributed by atoms with van der Waals surface area (Å²) in [6, 6.07) is 10.8. The zero-order chi connectivity index (χ0) is 27.8. The first-order chi connectivity index (χ1) is 19.5. The summed E-state index contributed by atoms with van der Waals surface area (Å²) < 4.78 is 7.06. The molecule has 15 nitrogen and oxygen atoms in total. The Hall–Kier alpha value is -5.60. The SMILES string of the molecule is COc1cnc(-c2cc(C(=O)O)[nH]n2)c2[nH]cc(C(=O)C(=O)N3CCN(c4nnnn4-c4ccccc4)CC3)c12. The number of fused-ring (bicyclic) bond motifs is 1. The summed E-state index contributed by atoms with van der Waals surface area (Å²) in [6.45, 7) is 1.46. The second-order valence-electron chi connectivity index (χ2n) is 8.93. The maximum Gasteiger partial charge on any atom is 0.353 e. The second kappa shape index (κ2) is 9.94. The Balaban J connectivity index is 1.23. The molecule has 0 bridgehead atoms. The number of hydrogen-bond donors (Lipinski definition) is 3. The number of anilines is 1. The van der Waals surface area contributed by atoms with Gasteiger partial charge < -0.3 is 24.6 Å². The number of tetrazole rings is 1.